The van der Waals surface area contributed by atoms with Crippen LogP contribution in [-0.4, -0.2) is 4.57 Å². The number of fused-ring (bicyclic) bond motifs is 3. The van der Waals surface area contributed by atoms with Crippen molar-refractivity contribution in [1.29, 1.82) is 0 Å². The minimum Gasteiger partial charge on any atom is -0.336 e. The van der Waals surface area contributed by atoms with E-state index in [0.717, 1.165) is 15.5 Å². The van der Waals surface area contributed by atoms with Crippen LogP contribution >= 0.6 is 31.9 Å². The molecule has 0 spiro atoms. The second-order valence-corrected chi connectivity index (χ2v) is 8.79. The molecule has 4 aromatic rings. The number of benzene rings is 3. The number of nitrogens with zero attached hydrogens (tertiary/aromatic N) is 1. The van der Waals surface area contributed by atoms with Gasteiger partial charge in [0.05, 0.1) is 0 Å². The Bertz CT molecular complexity index is 1020. The Morgan fingerprint density at radius 1 is 0.808 bits per heavy atom. The first-order chi connectivity index (χ1) is 12.6. The molecule has 0 radical (unpaired) electrons. The average Bonchev–Trinajstić information content (AvgIpc) is 2.94. The van der Waals surface area contributed by atoms with Crippen LogP contribution in [0.3, 0.4) is 0 Å². The van der Waals surface area contributed by atoms with Gasteiger partial charge in [0.2, 0.25) is 0 Å². The molecule has 0 amide bonds. The molecule has 0 aliphatic heterocycles. The number of aromatic nitrogens is 1. The molecule has 0 saturated carbocycles. The lowest BCUT2D eigenvalue weighted by atomic mass is 9.98. The molecule has 0 aliphatic rings. The minimum absolute atomic E-state index is 0.618. The molecule has 0 aliphatic carbocycles. The summed E-state index contributed by atoms with van der Waals surface area (Å²) in [5.74, 6) is 0.618. The summed E-state index contributed by atoms with van der Waals surface area (Å²) in [6.07, 6.45) is 1.18. The number of halogens is 2. The summed E-state index contributed by atoms with van der Waals surface area (Å²) >= 11 is 7.24. The van der Waals surface area contributed by atoms with Crippen molar-refractivity contribution < 1.29 is 0 Å². The van der Waals surface area contributed by atoms with Crippen molar-refractivity contribution in [2.75, 3.05) is 0 Å². The van der Waals surface area contributed by atoms with Crippen molar-refractivity contribution in [3.63, 3.8) is 0 Å². The largest absolute Gasteiger partial charge is 0.336 e. The van der Waals surface area contributed by atoms with Crippen molar-refractivity contribution in [3.8, 4) is 0 Å². The van der Waals surface area contributed by atoms with Gasteiger partial charge in [-0.25, -0.2) is 0 Å². The van der Waals surface area contributed by atoms with E-state index in [1.807, 2.05) is 0 Å². The molecule has 1 unspecified atom stereocenters. The zero-order valence-corrected chi connectivity index (χ0v) is 18.1. The molecule has 1 atom stereocenters. The van der Waals surface area contributed by atoms with Gasteiger partial charge >= 0.3 is 0 Å². The fraction of sp³-hybridized carbons (Fsp3) is 0.217. The van der Waals surface area contributed by atoms with E-state index in [2.05, 4.69) is 111 Å². The molecule has 132 valence electrons. The summed E-state index contributed by atoms with van der Waals surface area (Å²) in [4.78, 5) is 0. The summed E-state index contributed by atoms with van der Waals surface area (Å²) in [6, 6.07) is 22.2. The normalized spacial score (nSPS) is 12.8. The van der Waals surface area contributed by atoms with Crippen LogP contribution in [0.2, 0.25) is 0 Å². The lowest BCUT2D eigenvalue weighted by Gasteiger charge is -2.11. The quantitative estimate of drug-likeness (QED) is 0.285. The Morgan fingerprint density at radius 2 is 1.35 bits per heavy atom. The van der Waals surface area contributed by atoms with Crippen LogP contribution in [-0.2, 0) is 6.54 Å². The maximum Gasteiger partial charge on any atom is 0.0495 e. The smallest absolute Gasteiger partial charge is 0.0495 e. The average molecular weight is 471 g/mol. The van der Waals surface area contributed by atoms with E-state index >= 15 is 0 Å². The number of hydrogen-bond acceptors (Lipinski definition) is 0. The summed E-state index contributed by atoms with van der Waals surface area (Å²) in [5.41, 5.74) is 5.30. The van der Waals surface area contributed by atoms with Crippen molar-refractivity contribution in [1.82, 2.24) is 4.57 Å². The molecule has 26 heavy (non-hydrogen) atoms. The minimum atomic E-state index is 0.618. The Hall–Kier alpha value is -1.58. The van der Waals surface area contributed by atoms with Gasteiger partial charge in [-0.3, -0.25) is 0 Å². The third kappa shape index (κ3) is 3.23. The molecule has 0 N–H and O–H groups in total. The van der Waals surface area contributed by atoms with Gasteiger partial charge < -0.3 is 4.57 Å². The highest BCUT2D eigenvalue weighted by molar-refractivity contribution is 9.10. The van der Waals surface area contributed by atoms with Crippen LogP contribution < -0.4 is 0 Å². The number of rotatable bonds is 4. The Balaban J connectivity index is 1.82. The van der Waals surface area contributed by atoms with Crippen molar-refractivity contribution in [3.05, 3.63) is 80.7 Å². The molecule has 1 nitrogen and oxygen atoms in total. The standard InChI is InChI=1S/C23H21Br2N/c1-3-15(2)17-6-4-16(5-7-17)14-26-22-10-8-18(24)12-20(22)21-13-19(25)9-11-23(21)26/h4-13,15H,3,14H2,1-2H3. The van der Waals surface area contributed by atoms with Gasteiger partial charge in [-0.2, -0.15) is 0 Å². The van der Waals surface area contributed by atoms with Crippen LogP contribution in [0.1, 0.15) is 37.3 Å². The summed E-state index contributed by atoms with van der Waals surface area (Å²) in [7, 11) is 0. The van der Waals surface area contributed by atoms with Crippen LogP contribution in [0.5, 0.6) is 0 Å². The number of hydrogen-bond donors (Lipinski definition) is 0. The Labute approximate surface area is 171 Å². The summed E-state index contributed by atoms with van der Waals surface area (Å²) in [5, 5.41) is 2.57. The predicted octanol–water partition coefficient (Wildman–Crippen LogP) is 7.88. The molecule has 4 rings (SSSR count). The highest BCUT2D eigenvalue weighted by Gasteiger charge is 2.12. The van der Waals surface area contributed by atoms with Crippen LogP contribution in [0.25, 0.3) is 21.8 Å². The predicted molar refractivity (Wildman–Crippen MR) is 119 cm³/mol. The third-order valence-electron chi connectivity index (χ3n) is 5.29. The molecule has 0 bridgehead atoms. The van der Waals surface area contributed by atoms with Gasteiger partial charge in [-0.05, 0) is 59.9 Å². The molecule has 3 aromatic carbocycles. The molecular formula is C23H21Br2N. The highest BCUT2D eigenvalue weighted by Crippen LogP contribution is 2.33. The molecule has 1 aromatic heterocycles. The maximum atomic E-state index is 3.62. The Morgan fingerprint density at radius 3 is 1.85 bits per heavy atom. The zero-order valence-electron chi connectivity index (χ0n) is 15.0. The highest BCUT2D eigenvalue weighted by atomic mass is 79.9. The van der Waals surface area contributed by atoms with Crippen molar-refractivity contribution in [2.24, 2.45) is 0 Å². The van der Waals surface area contributed by atoms with E-state index < -0.39 is 0 Å². The van der Waals surface area contributed by atoms with Gasteiger partial charge in [0.15, 0.2) is 0 Å². The van der Waals surface area contributed by atoms with Gasteiger partial charge in [-0.15, -0.1) is 0 Å². The van der Waals surface area contributed by atoms with E-state index in [1.165, 1.54) is 39.4 Å². The molecule has 1 heterocycles. The lowest BCUT2D eigenvalue weighted by molar-refractivity contribution is 0.732. The zero-order chi connectivity index (χ0) is 18.3. The van der Waals surface area contributed by atoms with Gasteiger partial charge in [0.1, 0.15) is 0 Å². The van der Waals surface area contributed by atoms with Crippen LogP contribution in [0.4, 0.5) is 0 Å². The van der Waals surface area contributed by atoms with Gasteiger partial charge in [-0.1, -0.05) is 70.0 Å². The second-order valence-electron chi connectivity index (χ2n) is 6.96. The maximum absolute atomic E-state index is 3.62. The fourth-order valence-electron chi connectivity index (χ4n) is 3.59. The molecule has 0 fully saturated rings. The first-order valence-electron chi connectivity index (χ1n) is 9.02. The second kappa shape index (κ2) is 7.21. The first kappa shape index (κ1) is 17.8. The van der Waals surface area contributed by atoms with Gasteiger partial charge in [0, 0.05) is 37.3 Å². The lowest BCUT2D eigenvalue weighted by Crippen LogP contribution is -2.00. The van der Waals surface area contributed by atoms with Crippen LogP contribution in [0, 0.1) is 0 Å². The van der Waals surface area contributed by atoms with E-state index in [1.54, 1.807) is 0 Å². The summed E-state index contributed by atoms with van der Waals surface area (Å²) in [6.45, 7) is 5.41. The Kier molecular flexibility index (Phi) is 4.94. The first-order valence-corrected chi connectivity index (χ1v) is 10.6. The van der Waals surface area contributed by atoms with Crippen LogP contribution in [0.15, 0.2) is 69.6 Å². The topological polar surface area (TPSA) is 4.93 Å². The van der Waals surface area contributed by atoms with E-state index in [4.69, 9.17) is 0 Å². The van der Waals surface area contributed by atoms with Crippen molar-refractivity contribution in [2.45, 2.75) is 32.7 Å². The van der Waals surface area contributed by atoms with Crippen molar-refractivity contribution >= 4 is 53.7 Å². The van der Waals surface area contributed by atoms with Gasteiger partial charge in [0.25, 0.3) is 0 Å². The molecule has 3 heteroatoms. The molecule has 0 saturated heterocycles. The third-order valence-corrected chi connectivity index (χ3v) is 6.28. The fourth-order valence-corrected chi connectivity index (χ4v) is 4.31. The van der Waals surface area contributed by atoms with E-state index in [9.17, 15) is 0 Å². The SMILES string of the molecule is CCC(C)c1ccc(Cn2c3ccc(Br)cc3c3cc(Br)ccc32)cc1. The monoisotopic (exact) mass is 469 g/mol. The summed E-state index contributed by atoms with van der Waals surface area (Å²) < 4.78 is 4.64. The molecular weight excluding hydrogens is 450 g/mol. The van der Waals surface area contributed by atoms with E-state index in [-0.39, 0.29) is 0 Å². The van der Waals surface area contributed by atoms with E-state index in [0.29, 0.717) is 5.92 Å².